The second kappa shape index (κ2) is 12.7. The first kappa shape index (κ1) is 25.9. The van der Waals surface area contributed by atoms with Crippen LogP contribution in [-0.2, 0) is 27.5 Å². The molecule has 8 nitrogen and oxygen atoms in total. The molecule has 2 aromatic carbocycles. The summed E-state index contributed by atoms with van der Waals surface area (Å²) in [7, 11) is 0. The van der Waals surface area contributed by atoms with E-state index in [1.54, 1.807) is 24.3 Å². The van der Waals surface area contributed by atoms with E-state index in [4.69, 9.17) is 16.2 Å². The lowest BCUT2D eigenvalue weighted by atomic mass is 9.96. The van der Waals surface area contributed by atoms with Gasteiger partial charge in [0.15, 0.2) is 0 Å². The highest BCUT2D eigenvalue weighted by atomic mass is 32.1. The minimum atomic E-state index is -1.18. The fraction of sp³-hybridized carbons (Fsp3) is 0.269. The van der Waals surface area contributed by atoms with E-state index >= 15 is 0 Å². The van der Waals surface area contributed by atoms with E-state index in [1.165, 1.54) is 11.3 Å². The Hall–Kier alpha value is -3.69. The number of amides is 3. The number of benzene rings is 2. The van der Waals surface area contributed by atoms with Gasteiger partial charge < -0.3 is 26.8 Å². The Morgan fingerprint density at radius 1 is 0.914 bits per heavy atom. The van der Waals surface area contributed by atoms with Crippen LogP contribution in [0.25, 0.3) is 0 Å². The molecule has 0 aliphatic heterocycles. The quantitative estimate of drug-likeness (QED) is 0.287. The maximum absolute atomic E-state index is 13.0. The zero-order valence-electron chi connectivity index (χ0n) is 19.5. The lowest BCUT2D eigenvalue weighted by Crippen LogP contribution is -2.41. The normalized spacial score (nSPS) is 12.4. The molecule has 0 fully saturated rings. The molecular formula is C26H30N4O4S. The number of primary amides is 1. The molecule has 3 rings (SSSR count). The van der Waals surface area contributed by atoms with Gasteiger partial charge in [-0.1, -0.05) is 36.4 Å². The topological polar surface area (TPSA) is 137 Å². The molecule has 3 amide bonds. The summed E-state index contributed by atoms with van der Waals surface area (Å²) in [6, 6.07) is 16.2. The van der Waals surface area contributed by atoms with Crippen LogP contribution in [0.1, 0.15) is 41.0 Å². The van der Waals surface area contributed by atoms with Crippen molar-refractivity contribution in [2.45, 2.75) is 31.8 Å². The number of carbonyl (C=O) groups excluding carboxylic acids is 3. The average molecular weight is 495 g/mol. The van der Waals surface area contributed by atoms with Gasteiger partial charge in [-0.2, -0.15) is 11.3 Å². The largest absolute Gasteiger partial charge is 0.494 e. The Labute approximate surface area is 208 Å². The number of hydrogen-bond donors (Lipinski definition) is 4. The molecule has 1 aromatic heterocycles. The zero-order valence-corrected chi connectivity index (χ0v) is 20.3. The molecule has 0 bridgehead atoms. The molecule has 0 radical (unpaired) electrons. The lowest BCUT2D eigenvalue weighted by Gasteiger charge is -2.19. The summed E-state index contributed by atoms with van der Waals surface area (Å²) >= 11 is 1.46. The maximum Gasteiger partial charge on any atom is 0.237 e. The van der Waals surface area contributed by atoms with E-state index in [0.29, 0.717) is 31.0 Å². The Bertz CT molecular complexity index is 1120. The number of thiophene rings is 1. The van der Waals surface area contributed by atoms with Gasteiger partial charge in [-0.25, -0.2) is 0 Å². The molecule has 2 atom stereocenters. The number of hydrogen-bond acceptors (Lipinski definition) is 6. The Morgan fingerprint density at radius 3 is 2.17 bits per heavy atom. The van der Waals surface area contributed by atoms with E-state index in [9.17, 15) is 14.4 Å². The summed E-state index contributed by atoms with van der Waals surface area (Å²) in [4.78, 5) is 38.1. The number of rotatable bonds is 12. The summed E-state index contributed by atoms with van der Waals surface area (Å²) in [6.45, 7) is 3.19. The van der Waals surface area contributed by atoms with Crippen LogP contribution in [0.4, 0.5) is 0 Å². The van der Waals surface area contributed by atoms with Crippen molar-refractivity contribution in [2.75, 3.05) is 13.2 Å². The van der Waals surface area contributed by atoms with Crippen LogP contribution in [-0.4, -0.2) is 30.9 Å². The van der Waals surface area contributed by atoms with E-state index in [2.05, 4.69) is 10.6 Å². The standard InChI is InChI=1S/C26H30N4O4S/c1-2-34-21-9-7-19(8-10-21)23(24(28)31)26(33)30-15-22(20-11-12-35-16-20)25(32)29-14-18-5-3-17(13-27)4-6-18/h3-12,16,22-23H,2,13-15,27H2,1H3,(H2,28,31)(H,29,32)(H,30,33)/t22-,23+/m0/s1. The molecule has 184 valence electrons. The molecule has 0 aliphatic carbocycles. The van der Waals surface area contributed by atoms with Gasteiger partial charge >= 0.3 is 0 Å². The molecule has 9 heteroatoms. The number of nitrogens with two attached hydrogens (primary N) is 2. The third kappa shape index (κ3) is 7.14. The predicted octanol–water partition coefficient (Wildman–Crippen LogP) is 2.39. The van der Waals surface area contributed by atoms with Gasteiger partial charge in [-0.05, 0) is 58.1 Å². The van der Waals surface area contributed by atoms with Gasteiger partial charge in [-0.15, -0.1) is 0 Å². The first-order valence-corrected chi connectivity index (χ1v) is 12.2. The average Bonchev–Trinajstić information content (AvgIpc) is 3.39. The molecule has 0 saturated carbocycles. The summed E-state index contributed by atoms with van der Waals surface area (Å²) in [6.07, 6.45) is 0. The van der Waals surface area contributed by atoms with Crippen LogP contribution in [0.3, 0.4) is 0 Å². The molecule has 0 spiro atoms. The van der Waals surface area contributed by atoms with Gasteiger partial charge in [0.1, 0.15) is 11.7 Å². The van der Waals surface area contributed by atoms with Crippen molar-refractivity contribution >= 4 is 29.1 Å². The monoisotopic (exact) mass is 494 g/mol. The van der Waals surface area contributed by atoms with Gasteiger partial charge in [0.05, 0.1) is 12.5 Å². The van der Waals surface area contributed by atoms with Gasteiger partial charge in [0.25, 0.3) is 0 Å². The second-order valence-electron chi connectivity index (χ2n) is 7.93. The van der Waals surface area contributed by atoms with Gasteiger partial charge in [0, 0.05) is 19.6 Å². The Kier molecular flexibility index (Phi) is 9.39. The van der Waals surface area contributed by atoms with Gasteiger partial charge in [-0.3, -0.25) is 14.4 Å². The lowest BCUT2D eigenvalue weighted by molar-refractivity contribution is -0.130. The summed E-state index contributed by atoms with van der Waals surface area (Å²) in [5.74, 6) is -2.74. The molecule has 35 heavy (non-hydrogen) atoms. The molecule has 3 aromatic rings. The third-order valence-electron chi connectivity index (χ3n) is 5.54. The van der Waals surface area contributed by atoms with Gasteiger partial charge in [0.2, 0.25) is 17.7 Å². The van der Waals surface area contributed by atoms with Crippen molar-refractivity contribution in [3.8, 4) is 5.75 Å². The van der Waals surface area contributed by atoms with E-state index in [0.717, 1.165) is 16.7 Å². The maximum atomic E-state index is 13.0. The number of nitrogens with one attached hydrogen (secondary N) is 2. The van der Waals surface area contributed by atoms with Crippen LogP contribution < -0.4 is 26.8 Å². The minimum absolute atomic E-state index is 0.0221. The summed E-state index contributed by atoms with van der Waals surface area (Å²) in [5, 5.41) is 9.41. The highest BCUT2D eigenvalue weighted by Gasteiger charge is 2.29. The van der Waals surface area contributed by atoms with Crippen molar-refractivity contribution < 1.29 is 19.1 Å². The molecule has 0 aliphatic rings. The fourth-order valence-corrected chi connectivity index (χ4v) is 4.33. The van der Waals surface area contributed by atoms with Crippen LogP contribution in [0.2, 0.25) is 0 Å². The number of carbonyl (C=O) groups is 3. The van der Waals surface area contributed by atoms with Crippen LogP contribution in [0.15, 0.2) is 65.4 Å². The fourth-order valence-electron chi connectivity index (χ4n) is 3.61. The Morgan fingerprint density at radius 2 is 1.60 bits per heavy atom. The van der Waals surface area contributed by atoms with Crippen molar-refractivity contribution in [3.05, 3.63) is 87.6 Å². The molecule has 6 N–H and O–H groups in total. The highest BCUT2D eigenvalue weighted by molar-refractivity contribution is 7.08. The van der Waals surface area contributed by atoms with Crippen molar-refractivity contribution in [2.24, 2.45) is 11.5 Å². The second-order valence-corrected chi connectivity index (χ2v) is 8.71. The summed E-state index contributed by atoms with van der Waals surface area (Å²) in [5.41, 5.74) is 14.4. The molecule has 0 saturated heterocycles. The number of ether oxygens (including phenoxy) is 1. The van der Waals surface area contributed by atoms with Crippen LogP contribution in [0, 0.1) is 0 Å². The minimum Gasteiger partial charge on any atom is -0.494 e. The van der Waals surface area contributed by atoms with Crippen molar-refractivity contribution in [1.29, 1.82) is 0 Å². The molecule has 0 unspecified atom stereocenters. The SMILES string of the molecule is CCOc1ccc([C@H](C(N)=O)C(=O)NC[C@H](C(=O)NCc2ccc(CN)cc2)c2ccsc2)cc1. The zero-order chi connectivity index (χ0) is 25.2. The van der Waals surface area contributed by atoms with E-state index in [-0.39, 0.29) is 12.5 Å². The first-order chi connectivity index (χ1) is 16.9. The van der Waals surface area contributed by atoms with Crippen molar-refractivity contribution in [1.82, 2.24) is 10.6 Å². The highest BCUT2D eigenvalue weighted by Crippen LogP contribution is 2.22. The van der Waals surface area contributed by atoms with E-state index in [1.807, 2.05) is 48.0 Å². The third-order valence-corrected chi connectivity index (χ3v) is 6.24. The van der Waals surface area contributed by atoms with Crippen LogP contribution in [0.5, 0.6) is 5.75 Å². The first-order valence-electron chi connectivity index (χ1n) is 11.3. The smallest absolute Gasteiger partial charge is 0.237 e. The predicted molar refractivity (Wildman–Crippen MR) is 136 cm³/mol. The molecule has 1 heterocycles. The van der Waals surface area contributed by atoms with Crippen LogP contribution >= 0.6 is 11.3 Å². The molecular weight excluding hydrogens is 464 g/mol. The van der Waals surface area contributed by atoms with Crippen molar-refractivity contribution in [3.63, 3.8) is 0 Å². The summed E-state index contributed by atoms with van der Waals surface area (Å²) < 4.78 is 5.41. The van der Waals surface area contributed by atoms with E-state index < -0.39 is 23.7 Å². The Balaban J connectivity index is 1.67.